The first-order valence-electron chi connectivity index (χ1n) is 25.3. The molecular weight excluding hydrogens is 1070 g/mol. The molecule has 6 atom stereocenters. The van der Waals surface area contributed by atoms with Gasteiger partial charge in [-0.15, -0.1) is 0 Å². The number of pyridine rings is 2. The number of nitrogens with one attached hydrogen (secondary N) is 3. The molecule has 2 aromatic heterocycles. The number of anilines is 1. The lowest BCUT2D eigenvalue weighted by Crippen LogP contribution is -2.63. The van der Waals surface area contributed by atoms with Gasteiger partial charge in [-0.05, 0) is 82.1 Å². The minimum atomic E-state index is -5.15. The normalized spacial score (nSPS) is 18.0. The molecule has 4 aromatic rings. The van der Waals surface area contributed by atoms with Crippen molar-refractivity contribution < 1.29 is 78.0 Å². The summed E-state index contributed by atoms with van der Waals surface area (Å²) in [7, 11) is 1.69. The maximum absolute atomic E-state index is 16.1. The van der Waals surface area contributed by atoms with E-state index in [0.717, 1.165) is 76.8 Å². The maximum Gasteiger partial charge on any atom is 0.407 e. The van der Waals surface area contributed by atoms with Gasteiger partial charge in [0, 0.05) is 79.0 Å². The molecule has 2 saturated heterocycles. The highest BCUT2D eigenvalue weighted by Gasteiger charge is 2.57. The molecule has 4 heterocycles. The predicted octanol–water partition coefficient (Wildman–Crippen LogP) is 7.26. The number of hydrazine groups is 1. The topological polar surface area (TPSA) is 188 Å². The van der Waals surface area contributed by atoms with Crippen molar-refractivity contribution in [3.63, 3.8) is 0 Å². The number of alkyl halides is 6. The average molecular weight is 1140 g/mol. The number of piperazine rings is 1. The van der Waals surface area contributed by atoms with Crippen molar-refractivity contribution in [2.75, 3.05) is 52.0 Å². The van der Waals surface area contributed by atoms with Crippen LogP contribution in [0.3, 0.4) is 0 Å². The van der Waals surface area contributed by atoms with Gasteiger partial charge in [0.15, 0.2) is 0 Å². The number of aromatic nitrogens is 2. The number of methoxy groups -OCH3 is 2. The standard InChI is InChI=1S/C55H63F9N8O8/c1-31-26-72(32(2)25-71(31)38-29-80-30-38)46-16-15-35(24-66-46)14-11-33-9-12-34(13-10-33)19-44(67-50(76)48(68-51(77)79-8)53(5,6)55(62,63)64)45(73)28-70(69-49(75)40(23-47(74)78-7)52(3,4)54(59,60)61)27-39-41(57)20-36(21-42(39)58)43-22-37(56)17-18-65-43/h9-10,12-13,15-18,20-22,24,31-32,38,40,44-45,48,73H,19,23,25-30H2,1-8H3,(H,67,76)(H,68,77)(H,69,75)/t31-,32-,40-,44+,45+,48-/m1/s1. The monoisotopic (exact) mass is 1130 g/mol. The summed E-state index contributed by atoms with van der Waals surface area (Å²) < 4.78 is 148. The van der Waals surface area contributed by atoms with Crippen molar-refractivity contribution in [2.45, 2.75) is 110 Å². The van der Waals surface area contributed by atoms with E-state index < -0.39 is 120 Å². The highest BCUT2D eigenvalue weighted by atomic mass is 19.4. The lowest BCUT2D eigenvalue weighted by atomic mass is 9.75. The molecule has 2 aromatic carbocycles. The van der Waals surface area contributed by atoms with Crippen LogP contribution < -0.4 is 21.0 Å². The van der Waals surface area contributed by atoms with Crippen LogP contribution in [0, 0.1) is 46.0 Å². The Labute approximate surface area is 456 Å². The molecule has 80 heavy (non-hydrogen) atoms. The minimum absolute atomic E-state index is 0.190. The largest absolute Gasteiger partial charge is 0.469 e. The maximum atomic E-state index is 16.1. The second-order valence-corrected chi connectivity index (χ2v) is 21.0. The van der Waals surface area contributed by atoms with E-state index in [4.69, 9.17) is 4.74 Å². The summed E-state index contributed by atoms with van der Waals surface area (Å²) in [6.45, 7) is 7.68. The van der Waals surface area contributed by atoms with Crippen LogP contribution in [0.15, 0.2) is 73.1 Å². The van der Waals surface area contributed by atoms with E-state index in [1.165, 1.54) is 12.1 Å². The van der Waals surface area contributed by atoms with Crippen molar-refractivity contribution in [2.24, 2.45) is 16.7 Å². The van der Waals surface area contributed by atoms with Gasteiger partial charge >= 0.3 is 24.4 Å². The minimum Gasteiger partial charge on any atom is -0.469 e. The van der Waals surface area contributed by atoms with E-state index in [1.54, 1.807) is 18.3 Å². The highest BCUT2D eigenvalue weighted by molar-refractivity contribution is 5.87. The number of benzene rings is 2. The van der Waals surface area contributed by atoms with Crippen LogP contribution in [-0.2, 0) is 41.6 Å². The summed E-state index contributed by atoms with van der Waals surface area (Å²) in [4.78, 5) is 66.3. The molecule has 0 radical (unpaired) electrons. The number of aliphatic hydroxyl groups excluding tert-OH is 1. The zero-order valence-corrected chi connectivity index (χ0v) is 45.1. The molecule has 4 N–H and O–H groups in total. The third kappa shape index (κ3) is 15.1. The Bertz CT molecular complexity index is 2870. The van der Waals surface area contributed by atoms with Crippen molar-refractivity contribution in [1.82, 2.24) is 35.9 Å². The van der Waals surface area contributed by atoms with Gasteiger partial charge < -0.3 is 34.9 Å². The van der Waals surface area contributed by atoms with Crippen LogP contribution in [0.5, 0.6) is 0 Å². The Hall–Kier alpha value is -7.01. The van der Waals surface area contributed by atoms with E-state index in [2.05, 4.69) is 65.7 Å². The zero-order chi connectivity index (χ0) is 59.1. The van der Waals surface area contributed by atoms with Crippen molar-refractivity contribution >= 4 is 29.7 Å². The fourth-order valence-corrected chi connectivity index (χ4v) is 9.13. The summed E-state index contributed by atoms with van der Waals surface area (Å²) in [6, 6.07) is 9.91. The van der Waals surface area contributed by atoms with Gasteiger partial charge in [-0.3, -0.25) is 29.7 Å². The second-order valence-electron chi connectivity index (χ2n) is 21.0. The van der Waals surface area contributed by atoms with Gasteiger partial charge in [-0.1, -0.05) is 37.8 Å². The van der Waals surface area contributed by atoms with Crippen LogP contribution >= 0.6 is 0 Å². The molecule has 25 heteroatoms. The zero-order valence-electron chi connectivity index (χ0n) is 45.1. The molecule has 0 unspecified atom stereocenters. The number of hydrogen-bond donors (Lipinski definition) is 4. The number of halogens is 9. The molecular formula is C55H63F9N8O8. The van der Waals surface area contributed by atoms with Gasteiger partial charge in [0.1, 0.15) is 29.3 Å². The number of nitrogens with zero attached hydrogens (tertiary/aromatic N) is 5. The van der Waals surface area contributed by atoms with E-state index in [0.29, 0.717) is 55.4 Å². The molecule has 0 saturated carbocycles. The van der Waals surface area contributed by atoms with Gasteiger partial charge in [-0.2, -0.15) is 26.3 Å². The van der Waals surface area contributed by atoms with Crippen LogP contribution in [0.25, 0.3) is 11.3 Å². The first kappa shape index (κ1) is 62.2. The summed E-state index contributed by atoms with van der Waals surface area (Å²) in [5.74, 6) is -3.25. The molecule has 0 bridgehead atoms. The Kier molecular flexibility index (Phi) is 19.9. The smallest absolute Gasteiger partial charge is 0.407 e. The number of aliphatic hydroxyl groups is 1. The number of amides is 3. The first-order valence-corrected chi connectivity index (χ1v) is 25.3. The summed E-state index contributed by atoms with van der Waals surface area (Å²) in [5.41, 5.74) is -3.85. The van der Waals surface area contributed by atoms with Crippen molar-refractivity contribution in [1.29, 1.82) is 0 Å². The SMILES string of the molecule is COC(=O)C[C@H](C(=O)NN(Cc1c(F)cc(-c2cc(F)ccn2)cc1F)C[C@H](O)[C@H](Cc1ccc(C#Cc2ccc(N3C[C@@H](C)N(C4COC4)C[C@H]3C)nc2)cc1)NC(=O)[C@@H](NC(=O)OC)C(C)(C)C(F)(F)F)C(C)(C)C(F)(F)F. The van der Waals surface area contributed by atoms with Gasteiger partial charge in [-0.25, -0.2) is 28.0 Å². The van der Waals surface area contributed by atoms with E-state index >= 15 is 8.78 Å². The number of rotatable bonds is 19. The molecule has 6 rings (SSSR count). The number of carbonyl (C=O) groups excluding carboxylic acids is 4. The molecule has 434 valence electrons. The highest BCUT2D eigenvalue weighted by Crippen LogP contribution is 2.45. The van der Waals surface area contributed by atoms with Crippen molar-refractivity contribution in [3.8, 4) is 23.1 Å². The Balaban J connectivity index is 1.32. The predicted molar refractivity (Wildman–Crippen MR) is 273 cm³/mol. The first-order chi connectivity index (χ1) is 37.4. The second kappa shape index (κ2) is 25.6. The average Bonchev–Trinajstić information content (AvgIpc) is 3.41. The molecule has 0 spiro atoms. The Morgan fingerprint density at radius 1 is 0.800 bits per heavy atom. The van der Waals surface area contributed by atoms with Crippen LogP contribution in [0.1, 0.15) is 70.2 Å². The fraction of sp³-hybridized carbons (Fsp3) is 0.491. The molecule has 3 amide bonds. The number of ether oxygens (including phenoxy) is 3. The Morgan fingerprint density at radius 3 is 1.98 bits per heavy atom. The molecule has 2 aliphatic heterocycles. The number of carbonyl (C=O) groups is 4. The van der Waals surface area contributed by atoms with Gasteiger partial charge in [0.2, 0.25) is 11.8 Å². The lowest BCUT2D eigenvalue weighted by molar-refractivity contribution is -0.231. The third-order valence-electron chi connectivity index (χ3n) is 14.6. The van der Waals surface area contributed by atoms with Crippen LogP contribution in [0.2, 0.25) is 0 Å². The third-order valence-corrected chi connectivity index (χ3v) is 14.6. The van der Waals surface area contributed by atoms with E-state index in [1.807, 2.05) is 17.4 Å². The van der Waals surface area contributed by atoms with Gasteiger partial charge in [0.05, 0.1) is 74.5 Å². The number of esters is 1. The van der Waals surface area contributed by atoms with E-state index in [-0.39, 0.29) is 23.3 Å². The fourth-order valence-electron chi connectivity index (χ4n) is 9.13. The summed E-state index contributed by atoms with van der Waals surface area (Å²) in [6.07, 6.45) is -12.8. The molecule has 2 aliphatic rings. The summed E-state index contributed by atoms with van der Waals surface area (Å²) >= 11 is 0. The number of alkyl carbamates (subject to hydrolysis) is 1. The van der Waals surface area contributed by atoms with Crippen LogP contribution in [0.4, 0.5) is 50.1 Å². The van der Waals surface area contributed by atoms with Crippen LogP contribution in [-0.4, -0.2) is 145 Å². The lowest BCUT2D eigenvalue weighted by Gasteiger charge is -2.49. The molecule has 16 nitrogen and oxygen atoms in total. The van der Waals surface area contributed by atoms with Crippen molar-refractivity contribution in [3.05, 3.63) is 113 Å². The number of hydrogen-bond acceptors (Lipinski definition) is 13. The van der Waals surface area contributed by atoms with Gasteiger partial charge in [0.25, 0.3) is 0 Å². The quantitative estimate of drug-likeness (QED) is 0.0318. The van der Waals surface area contributed by atoms with E-state index in [9.17, 15) is 55.0 Å². The Morgan fingerprint density at radius 2 is 1.43 bits per heavy atom. The summed E-state index contributed by atoms with van der Waals surface area (Å²) in [5, 5.41) is 16.9. The molecule has 0 aliphatic carbocycles. The molecule has 2 fully saturated rings.